The number of rotatable bonds is 6. The first-order chi connectivity index (χ1) is 9.70. The number of benzene rings is 1. The van der Waals surface area contributed by atoms with E-state index >= 15 is 0 Å². The minimum absolute atomic E-state index is 0.0412. The highest BCUT2D eigenvalue weighted by atomic mass is 16.1. The lowest BCUT2D eigenvalue weighted by Crippen LogP contribution is -2.24. The number of nitrogens with zero attached hydrogens (tertiary/aromatic N) is 2. The number of aromatic nitrogens is 2. The number of likely N-dealkylation sites (N-methyl/N-ethyl adjacent to an activating group) is 1. The van der Waals surface area contributed by atoms with Crippen molar-refractivity contribution in [3.8, 4) is 0 Å². The topological polar surface area (TPSA) is 59.0 Å². The second kappa shape index (κ2) is 6.86. The van der Waals surface area contributed by atoms with Gasteiger partial charge in [-0.3, -0.25) is 9.48 Å². The van der Waals surface area contributed by atoms with Gasteiger partial charge >= 0.3 is 0 Å². The maximum atomic E-state index is 12.3. The quantitative estimate of drug-likeness (QED) is 0.828. The number of aryl methyl sites for hydroxylation is 1. The van der Waals surface area contributed by atoms with Crippen molar-refractivity contribution in [2.24, 2.45) is 7.05 Å². The lowest BCUT2D eigenvalue weighted by Gasteiger charge is -2.09. The summed E-state index contributed by atoms with van der Waals surface area (Å²) in [5, 5.41) is 10.1. The zero-order valence-corrected chi connectivity index (χ0v) is 11.9. The van der Waals surface area contributed by atoms with E-state index in [1.165, 1.54) is 0 Å². The fourth-order valence-corrected chi connectivity index (χ4v) is 2.06. The Morgan fingerprint density at radius 3 is 2.85 bits per heavy atom. The van der Waals surface area contributed by atoms with Crippen molar-refractivity contribution in [2.75, 3.05) is 13.6 Å². The van der Waals surface area contributed by atoms with Crippen LogP contribution in [-0.2, 0) is 20.0 Å². The van der Waals surface area contributed by atoms with Gasteiger partial charge in [0.1, 0.15) is 0 Å². The first-order valence-electron chi connectivity index (χ1n) is 6.69. The van der Waals surface area contributed by atoms with Crippen LogP contribution in [0.25, 0.3) is 0 Å². The maximum absolute atomic E-state index is 12.3. The molecule has 106 valence electrons. The molecule has 0 bridgehead atoms. The highest BCUT2D eigenvalue weighted by Gasteiger charge is 2.10. The summed E-state index contributed by atoms with van der Waals surface area (Å²) in [6, 6.07) is 7.71. The van der Waals surface area contributed by atoms with E-state index in [2.05, 4.69) is 15.7 Å². The summed E-state index contributed by atoms with van der Waals surface area (Å²) in [7, 11) is 3.77. The Morgan fingerprint density at radius 2 is 2.15 bits per heavy atom. The molecule has 1 aromatic carbocycles. The maximum Gasteiger partial charge on any atom is 0.251 e. The smallest absolute Gasteiger partial charge is 0.251 e. The molecule has 1 heterocycles. The number of nitrogens with one attached hydrogen (secondary N) is 2. The lowest BCUT2D eigenvalue weighted by atomic mass is 10.0. The largest absolute Gasteiger partial charge is 0.348 e. The van der Waals surface area contributed by atoms with Crippen molar-refractivity contribution in [1.82, 2.24) is 20.4 Å². The van der Waals surface area contributed by atoms with Crippen molar-refractivity contribution in [3.05, 3.63) is 53.3 Å². The predicted molar refractivity (Wildman–Crippen MR) is 78.5 cm³/mol. The van der Waals surface area contributed by atoms with E-state index in [1.807, 2.05) is 44.6 Å². The van der Waals surface area contributed by atoms with Crippen LogP contribution < -0.4 is 10.6 Å². The molecule has 0 saturated heterocycles. The fourth-order valence-electron chi connectivity index (χ4n) is 2.06. The lowest BCUT2D eigenvalue weighted by molar-refractivity contribution is 0.0950. The van der Waals surface area contributed by atoms with E-state index in [0.29, 0.717) is 6.54 Å². The fraction of sp³-hybridized carbons (Fsp3) is 0.333. The van der Waals surface area contributed by atoms with Gasteiger partial charge in [0.15, 0.2) is 0 Å². The van der Waals surface area contributed by atoms with E-state index in [4.69, 9.17) is 0 Å². The number of carbonyl (C=O) groups is 1. The summed E-state index contributed by atoms with van der Waals surface area (Å²) >= 11 is 0. The minimum Gasteiger partial charge on any atom is -0.348 e. The predicted octanol–water partition coefficient (Wildman–Crippen LogP) is 1.11. The molecule has 2 aromatic rings. The van der Waals surface area contributed by atoms with E-state index in [9.17, 15) is 4.79 Å². The molecule has 2 rings (SSSR count). The second-order valence-electron chi connectivity index (χ2n) is 4.72. The van der Waals surface area contributed by atoms with Crippen LogP contribution in [-0.4, -0.2) is 29.3 Å². The molecule has 20 heavy (non-hydrogen) atoms. The average molecular weight is 272 g/mol. The van der Waals surface area contributed by atoms with Crippen LogP contribution in [0, 0.1) is 0 Å². The Bertz CT molecular complexity index is 577. The Morgan fingerprint density at radius 1 is 1.35 bits per heavy atom. The molecule has 0 saturated carbocycles. The number of amides is 1. The highest BCUT2D eigenvalue weighted by molar-refractivity contribution is 5.95. The van der Waals surface area contributed by atoms with Crippen molar-refractivity contribution in [3.63, 3.8) is 0 Å². The Kier molecular flexibility index (Phi) is 4.90. The monoisotopic (exact) mass is 272 g/mol. The van der Waals surface area contributed by atoms with Gasteiger partial charge in [-0.1, -0.05) is 18.2 Å². The second-order valence-corrected chi connectivity index (χ2v) is 4.72. The molecule has 0 aliphatic heterocycles. The van der Waals surface area contributed by atoms with Crippen molar-refractivity contribution < 1.29 is 4.79 Å². The first-order valence-corrected chi connectivity index (χ1v) is 6.69. The normalized spacial score (nSPS) is 10.5. The molecule has 0 spiro atoms. The molecule has 0 atom stereocenters. The van der Waals surface area contributed by atoms with Gasteiger partial charge in [0.25, 0.3) is 5.91 Å². The number of carbonyl (C=O) groups excluding carboxylic acids is 1. The van der Waals surface area contributed by atoms with Gasteiger partial charge < -0.3 is 10.6 Å². The Hall–Kier alpha value is -2.14. The van der Waals surface area contributed by atoms with Gasteiger partial charge in [-0.2, -0.15) is 5.10 Å². The minimum atomic E-state index is -0.0412. The standard InChI is InChI=1S/C15H20N4O/c1-16-8-7-13-5-3-4-6-14(13)15(20)17-9-12-10-18-19(2)11-12/h3-6,10-11,16H,7-9H2,1-2H3,(H,17,20). The van der Waals surface area contributed by atoms with E-state index in [0.717, 1.165) is 29.7 Å². The van der Waals surface area contributed by atoms with Crippen LogP contribution in [0.5, 0.6) is 0 Å². The SMILES string of the molecule is CNCCc1ccccc1C(=O)NCc1cnn(C)c1. The number of hydrogen-bond donors (Lipinski definition) is 2. The third kappa shape index (κ3) is 3.68. The third-order valence-electron chi connectivity index (χ3n) is 3.12. The molecule has 0 radical (unpaired) electrons. The van der Waals surface area contributed by atoms with Crippen LogP contribution in [0.3, 0.4) is 0 Å². The molecule has 5 heteroatoms. The Labute approximate surface area is 119 Å². The van der Waals surface area contributed by atoms with Crippen molar-refractivity contribution in [1.29, 1.82) is 0 Å². The summed E-state index contributed by atoms with van der Waals surface area (Å²) in [5.74, 6) is -0.0412. The van der Waals surface area contributed by atoms with Crippen LogP contribution in [0.15, 0.2) is 36.7 Å². The third-order valence-corrected chi connectivity index (χ3v) is 3.12. The molecule has 0 aliphatic carbocycles. The van der Waals surface area contributed by atoms with Gasteiger partial charge in [-0.15, -0.1) is 0 Å². The summed E-state index contributed by atoms with van der Waals surface area (Å²) in [6.45, 7) is 1.35. The highest BCUT2D eigenvalue weighted by Crippen LogP contribution is 2.09. The zero-order chi connectivity index (χ0) is 14.4. The summed E-state index contributed by atoms with van der Waals surface area (Å²) in [4.78, 5) is 12.3. The van der Waals surface area contributed by atoms with Gasteiger partial charge in [-0.05, 0) is 31.6 Å². The van der Waals surface area contributed by atoms with Gasteiger partial charge in [0.2, 0.25) is 0 Å². The molecular weight excluding hydrogens is 252 g/mol. The zero-order valence-electron chi connectivity index (χ0n) is 11.9. The molecule has 0 unspecified atom stereocenters. The molecular formula is C15H20N4O. The number of hydrogen-bond acceptors (Lipinski definition) is 3. The van der Waals surface area contributed by atoms with Crippen molar-refractivity contribution in [2.45, 2.75) is 13.0 Å². The Balaban J connectivity index is 2.01. The molecule has 0 aliphatic rings. The summed E-state index contributed by atoms with van der Waals surface area (Å²) in [6.07, 6.45) is 4.49. The molecule has 1 aromatic heterocycles. The van der Waals surface area contributed by atoms with E-state index < -0.39 is 0 Å². The van der Waals surface area contributed by atoms with Gasteiger partial charge in [-0.25, -0.2) is 0 Å². The van der Waals surface area contributed by atoms with Crippen molar-refractivity contribution >= 4 is 5.91 Å². The van der Waals surface area contributed by atoms with Crippen LogP contribution in [0.2, 0.25) is 0 Å². The van der Waals surface area contributed by atoms with E-state index in [-0.39, 0.29) is 5.91 Å². The van der Waals surface area contributed by atoms with Crippen LogP contribution >= 0.6 is 0 Å². The van der Waals surface area contributed by atoms with Gasteiger partial charge in [0.05, 0.1) is 6.20 Å². The van der Waals surface area contributed by atoms with Crippen LogP contribution in [0.1, 0.15) is 21.5 Å². The van der Waals surface area contributed by atoms with Gasteiger partial charge in [0, 0.05) is 30.9 Å². The molecule has 1 amide bonds. The summed E-state index contributed by atoms with van der Waals surface area (Å²) in [5.41, 5.74) is 2.80. The molecule has 2 N–H and O–H groups in total. The molecule has 0 fully saturated rings. The van der Waals surface area contributed by atoms with E-state index in [1.54, 1.807) is 10.9 Å². The average Bonchev–Trinajstić information content (AvgIpc) is 2.88. The summed E-state index contributed by atoms with van der Waals surface area (Å²) < 4.78 is 1.72. The van der Waals surface area contributed by atoms with Crippen LogP contribution in [0.4, 0.5) is 0 Å². The molecule has 5 nitrogen and oxygen atoms in total. The first kappa shape index (κ1) is 14.3.